The van der Waals surface area contributed by atoms with Crippen LogP contribution in [0, 0.1) is 0 Å². The van der Waals surface area contributed by atoms with Gasteiger partial charge in [0.1, 0.15) is 24.1 Å². The number of nitrogen functional groups attached to an aromatic ring is 1. The number of ether oxygens (including phenoxy) is 1. The van der Waals surface area contributed by atoms with Crippen molar-refractivity contribution < 1.29 is 14.9 Å². The third-order valence-corrected chi connectivity index (χ3v) is 4.85. The van der Waals surface area contributed by atoms with Crippen LogP contribution in [0.3, 0.4) is 0 Å². The molecule has 0 aromatic carbocycles. The van der Waals surface area contributed by atoms with E-state index in [9.17, 15) is 10.2 Å². The van der Waals surface area contributed by atoms with E-state index in [2.05, 4.69) is 15.0 Å². The Morgan fingerprint density at radius 3 is 2.91 bits per heavy atom. The first-order valence-corrected chi connectivity index (χ1v) is 8.18. The van der Waals surface area contributed by atoms with Crippen LogP contribution in [0.4, 0.5) is 5.82 Å². The van der Waals surface area contributed by atoms with Gasteiger partial charge in [-0.25, -0.2) is 15.0 Å². The standard InChI is InChI=1S/C12H16ClN5O3S/c1-5(13)22-2-6-8(19)9(20)12(21-6)18-4-17-7-10(14)15-3-16-11(7)18/h3-6,8-9,12,19-20H,2H2,1H3,(H2,14,15,16)/t5?,6-,8-,9-,12-/m1/s1. The normalized spacial score (nSPS) is 30.0. The van der Waals surface area contributed by atoms with Crippen molar-refractivity contribution in [2.75, 3.05) is 11.5 Å². The molecular formula is C12H16ClN5O3S. The van der Waals surface area contributed by atoms with Gasteiger partial charge in [0.25, 0.3) is 0 Å². The van der Waals surface area contributed by atoms with Crippen LogP contribution in [0.2, 0.25) is 0 Å². The molecule has 3 rings (SSSR count). The number of halogens is 1. The first kappa shape index (κ1) is 15.8. The molecule has 0 amide bonds. The minimum absolute atomic E-state index is 0.103. The number of imidazole rings is 1. The summed E-state index contributed by atoms with van der Waals surface area (Å²) in [5, 5.41) is 20.4. The van der Waals surface area contributed by atoms with Crippen molar-refractivity contribution in [3.8, 4) is 0 Å². The van der Waals surface area contributed by atoms with E-state index in [4.69, 9.17) is 22.1 Å². The Morgan fingerprint density at radius 2 is 2.18 bits per heavy atom. The highest BCUT2D eigenvalue weighted by molar-refractivity contribution is 8.01. The van der Waals surface area contributed by atoms with Gasteiger partial charge in [-0.3, -0.25) is 4.57 Å². The Bertz CT molecular complexity index is 669. The van der Waals surface area contributed by atoms with Crippen LogP contribution in [0.25, 0.3) is 11.2 Å². The second kappa shape index (κ2) is 6.17. The number of rotatable bonds is 4. The van der Waals surface area contributed by atoms with E-state index in [1.165, 1.54) is 24.4 Å². The van der Waals surface area contributed by atoms with E-state index >= 15 is 0 Å². The van der Waals surface area contributed by atoms with Crippen LogP contribution in [-0.2, 0) is 4.74 Å². The lowest BCUT2D eigenvalue weighted by Crippen LogP contribution is -2.32. The van der Waals surface area contributed by atoms with E-state index in [1.807, 2.05) is 6.92 Å². The molecule has 0 spiro atoms. The molecule has 0 aliphatic carbocycles. The fraction of sp³-hybridized carbons (Fsp3) is 0.583. The predicted molar refractivity (Wildman–Crippen MR) is 83.4 cm³/mol. The molecule has 3 heterocycles. The van der Waals surface area contributed by atoms with Crippen LogP contribution in [0.5, 0.6) is 0 Å². The SMILES string of the molecule is CC(Cl)SC[C@H]1O[C@@H](n2cnc3c(N)ncnc32)[C@H](O)[C@@H]1O. The molecule has 1 fully saturated rings. The van der Waals surface area contributed by atoms with Crippen LogP contribution in [0.1, 0.15) is 13.2 Å². The molecule has 1 aliphatic heterocycles. The van der Waals surface area contributed by atoms with Gasteiger partial charge in [0.2, 0.25) is 0 Å². The van der Waals surface area contributed by atoms with E-state index < -0.39 is 24.5 Å². The van der Waals surface area contributed by atoms with Crippen LogP contribution in [0.15, 0.2) is 12.7 Å². The molecule has 0 saturated carbocycles. The smallest absolute Gasteiger partial charge is 0.167 e. The summed E-state index contributed by atoms with van der Waals surface area (Å²) in [5.74, 6) is 0.725. The molecular weight excluding hydrogens is 330 g/mol. The lowest BCUT2D eigenvalue weighted by molar-refractivity contribution is -0.0289. The Hall–Kier alpha value is -1.13. The monoisotopic (exact) mass is 345 g/mol. The van der Waals surface area contributed by atoms with Crippen molar-refractivity contribution in [1.82, 2.24) is 19.5 Å². The van der Waals surface area contributed by atoms with E-state index in [0.717, 1.165) is 0 Å². The van der Waals surface area contributed by atoms with Gasteiger partial charge in [-0.05, 0) is 6.92 Å². The van der Waals surface area contributed by atoms with Crippen molar-refractivity contribution in [3.63, 3.8) is 0 Å². The number of aliphatic hydroxyl groups is 2. The van der Waals surface area contributed by atoms with Crippen molar-refractivity contribution in [3.05, 3.63) is 12.7 Å². The quantitative estimate of drug-likeness (QED) is 0.679. The summed E-state index contributed by atoms with van der Waals surface area (Å²) in [6.45, 7) is 1.84. The number of fused-ring (bicyclic) bond motifs is 1. The topological polar surface area (TPSA) is 119 Å². The van der Waals surface area contributed by atoms with E-state index in [-0.39, 0.29) is 10.5 Å². The Morgan fingerprint density at radius 1 is 1.41 bits per heavy atom. The molecule has 5 atom stereocenters. The first-order chi connectivity index (χ1) is 10.5. The van der Waals surface area contributed by atoms with Gasteiger partial charge in [0.15, 0.2) is 17.7 Å². The summed E-state index contributed by atoms with van der Waals surface area (Å²) in [5.41, 5.74) is 6.62. The number of hydrogen-bond acceptors (Lipinski definition) is 8. The highest BCUT2D eigenvalue weighted by atomic mass is 35.5. The third kappa shape index (κ3) is 2.74. The largest absolute Gasteiger partial charge is 0.387 e. The van der Waals surface area contributed by atoms with Gasteiger partial charge >= 0.3 is 0 Å². The highest BCUT2D eigenvalue weighted by Crippen LogP contribution is 2.34. The van der Waals surface area contributed by atoms with Gasteiger partial charge in [0.05, 0.1) is 17.1 Å². The number of hydrogen-bond donors (Lipinski definition) is 3. The average Bonchev–Trinajstić information content (AvgIpc) is 3.01. The number of anilines is 1. The maximum Gasteiger partial charge on any atom is 0.167 e. The zero-order valence-corrected chi connectivity index (χ0v) is 13.3. The molecule has 22 heavy (non-hydrogen) atoms. The summed E-state index contributed by atoms with van der Waals surface area (Å²) in [4.78, 5) is 12.1. The van der Waals surface area contributed by atoms with E-state index in [0.29, 0.717) is 16.9 Å². The number of aliphatic hydroxyl groups excluding tert-OH is 2. The molecule has 2 aromatic heterocycles. The maximum absolute atomic E-state index is 10.3. The molecule has 0 bridgehead atoms. The van der Waals surface area contributed by atoms with Gasteiger partial charge < -0.3 is 20.7 Å². The second-order valence-corrected chi connectivity index (χ2v) is 7.29. The number of nitrogens with zero attached hydrogens (tertiary/aromatic N) is 4. The maximum atomic E-state index is 10.3. The molecule has 120 valence electrons. The molecule has 10 heteroatoms. The molecule has 1 aliphatic rings. The summed E-state index contributed by atoms with van der Waals surface area (Å²) >= 11 is 7.33. The molecule has 2 aromatic rings. The van der Waals surface area contributed by atoms with Crippen LogP contribution in [-0.4, -0.2) is 58.5 Å². The molecule has 1 saturated heterocycles. The van der Waals surface area contributed by atoms with E-state index in [1.54, 1.807) is 4.57 Å². The Labute approximate surface area is 135 Å². The first-order valence-electron chi connectivity index (χ1n) is 6.69. The molecule has 4 N–H and O–H groups in total. The fourth-order valence-corrected chi connectivity index (χ4v) is 3.33. The summed E-state index contributed by atoms with van der Waals surface area (Å²) in [7, 11) is 0. The minimum Gasteiger partial charge on any atom is -0.387 e. The number of nitrogens with two attached hydrogens (primary N) is 1. The molecule has 0 radical (unpaired) electrons. The van der Waals surface area contributed by atoms with Gasteiger partial charge in [-0.1, -0.05) is 0 Å². The summed E-state index contributed by atoms with van der Waals surface area (Å²) in [6.07, 6.45) is -0.630. The van der Waals surface area contributed by atoms with Crippen molar-refractivity contribution in [2.24, 2.45) is 0 Å². The highest BCUT2D eigenvalue weighted by Gasteiger charge is 2.44. The zero-order chi connectivity index (χ0) is 15.9. The predicted octanol–water partition coefficient (Wildman–Crippen LogP) is 0.346. The number of thioether (sulfide) groups is 1. The second-order valence-electron chi connectivity index (χ2n) is 5.01. The third-order valence-electron chi connectivity index (χ3n) is 3.49. The van der Waals surface area contributed by atoms with Gasteiger partial charge in [-0.15, -0.1) is 23.4 Å². The van der Waals surface area contributed by atoms with Crippen LogP contribution >= 0.6 is 23.4 Å². The Kier molecular flexibility index (Phi) is 4.42. The average molecular weight is 346 g/mol. The molecule has 1 unspecified atom stereocenters. The number of alkyl halides is 1. The van der Waals surface area contributed by atoms with Crippen LogP contribution < -0.4 is 5.73 Å². The van der Waals surface area contributed by atoms with Gasteiger partial charge in [-0.2, -0.15) is 0 Å². The van der Waals surface area contributed by atoms with Crippen molar-refractivity contribution in [2.45, 2.75) is 36.2 Å². The molecule has 8 nitrogen and oxygen atoms in total. The number of aromatic nitrogens is 4. The van der Waals surface area contributed by atoms with Crippen molar-refractivity contribution in [1.29, 1.82) is 0 Å². The summed E-state index contributed by atoms with van der Waals surface area (Å²) < 4.78 is 7.22. The zero-order valence-electron chi connectivity index (χ0n) is 11.7. The van der Waals surface area contributed by atoms with Gasteiger partial charge in [0, 0.05) is 5.75 Å². The lowest BCUT2D eigenvalue weighted by Gasteiger charge is -2.16. The fourth-order valence-electron chi connectivity index (χ4n) is 2.38. The van der Waals surface area contributed by atoms with Crippen molar-refractivity contribution >= 4 is 40.3 Å². The summed E-state index contributed by atoms with van der Waals surface area (Å²) in [6, 6.07) is 0. The Balaban J connectivity index is 1.86. The lowest BCUT2D eigenvalue weighted by atomic mass is 10.1. The minimum atomic E-state index is -1.09.